The molecule has 0 unspecified atom stereocenters. The van der Waals surface area contributed by atoms with Gasteiger partial charge in [0.2, 0.25) is 0 Å². The zero-order valence-electron chi connectivity index (χ0n) is 11.8. The fourth-order valence-corrected chi connectivity index (χ4v) is 3.69. The summed E-state index contributed by atoms with van der Waals surface area (Å²) in [7, 11) is 0. The van der Waals surface area contributed by atoms with E-state index in [-0.39, 0.29) is 0 Å². The Balaban J connectivity index is 1.72. The van der Waals surface area contributed by atoms with Crippen LogP contribution in [0, 0.1) is 0 Å². The average molecular weight is 339 g/mol. The SMILES string of the molecule is NCCN1CCC(N2CCNc3ccc(Br)cc32)CC1. The van der Waals surface area contributed by atoms with Crippen LogP contribution in [0.5, 0.6) is 0 Å². The minimum atomic E-state index is 0.666. The number of anilines is 2. The third-order valence-electron chi connectivity index (χ3n) is 4.38. The molecule has 1 aromatic rings. The van der Waals surface area contributed by atoms with Crippen molar-refractivity contribution in [3.63, 3.8) is 0 Å². The normalized spacial score (nSPS) is 20.6. The molecule has 0 saturated carbocycles. The Hall–Kier alpha value is -0.780. The van der Waals surface area contributed by atoms with Crippen molar-refractivity contribution in [3.05, 3.63) is 22.7 Å². The number of nitrogens with one attached hydrogen (secondary N) is 1. The standard InChI is InChI=1S/C15H23BrN4/c16-12-1-2-14-15(11-12)20(10-6-18-14)13-3-7-19(8-4-13)9-5-17/h1-2,11,13,18H,3-10,17H2. The number of hydrogen-bond donors (Lipinski definition) is 2. The van der Waals surface area contributed by atoms with E-state index in [1.165, 1.54) is 37.3 Å². The summed E-state index contributed by atoms with van der Waals surface area (Å²) in [5, 5.41) is 3.50. The van der Waals surface area contributed by atoms with Gasteiger partial charge in [-0.3, -0.25) is 0 Å². The van der Waals surface area contributed by atoms with Crippen LogP contribution in [0.15, 0.2) is 22.7 Å². The maximum atomic E-state index is 5.65. The number of rotatable bonds is 3. The van der Waals surface area contributed by atoms with Gasteiger partial charge < -0.3 is 20.9 Å². The maximum Gasteiger partial charge on any atom is 0.0616 e. The first-order chi connectivity index (χ1) is 9.78. The van der Waals surface area contributed by atoms with Crippen LogP contribution in [-0.2, 0) is 0 Å². The highest BCUT2D eigenvalue weighted by Gasteiger charge is 2.27. The van der Waals surface area contributed by atoms with Crippen molar-refractivity contribution in [3.8, 4) is 0 Å². The molecule has 1 saturated heterocycles. The van der Waals surface area contributed by atoms with Crippen molar-refractivity contribution in [2.24, 2.45) is 5.73 Å². The first kappa shape index (κ1) is 14.2. The third-order valence-corrected chi connectivity index (χ3v) is 4.87. The lowest BCUT2D eigenvalue weighted by Gasteiger charge is -2.42. The van der Waals surface area contributed by atoms with Crippen molar-refractivity contribution in [1.29, 1.82) is 0 Å². The van der Waals surface area contributed by atoms with E-state index in [4.69, 9.17) is 5.73 Å². The van der Waals surface area contributed by atoms with Gasteiger partial charge in [0.1, 0.15) is 0 Å². The quantitative estimate of drug-likeness (QED) is 0.885. The summed E-state index contributed by atoms with van der Waals surface area (Å²) in [6.07, 6.45) is 2.48. The highest BCUT2D eigenvalue weighted by atomic mass is 79.9. The molecule has 0 aromatic heterocycles. The van der Waals surface area contributed by atoms with Gasteiger partial charge in [0, 0.05) is 49.8 Å². The molecular formula is C15H23BrN4. The molecule has 3 rings (SSSR count). The number of likely N-dealkylation sites (tertiary alicyclic amines) is 1. The molecule has 0 spiro atoms. The monoisotopic (exact) mass is 338 g/mol. The number of nitrogens with two attached hydrogens (primary N) is 1. The van der Waals surface area contributed by atoms with Gasteiger partial charge in [-0.15, -0.1) is 0 Å². The number of benzene rings is 1. The van der Waals surface area contributed by atoms with Crippen LogP contribution in [0.1, 0.15) is 12.8 Å². The molecule has 20 heavy (non-hydrogen) atoms. The van der Waals surface area contributed by atoms with E-state index in [1.807, 2.05) is 0 Å². The highest BCUT2D eigenvalue weighted by Crippen LogP contribution is 2.35. The zero-order chi connectivity index (χ0) is 13.9. The fourth-order valence-electron chi connectivity index (χ4n) is 3.34. The molecule has 5 heteroatoms. The van der Waals surface area contributed by atoms with E-state index in [0.29, 0.717) is 6.04 Å². The summed E-state index contributed by atoms with van der Waals surface area (Å²) < 4.78 is 1.16. The molecule has 3 N–H and O–H groups in total. The third kappa shape index (κ3) is 2.95. The van der Waals surface area contributed by atoms with Crippen LogP contribution < -0.4 is 16.0 Å². The molecule has 0 aliphatic carbocycles. The van der Waals surface area contributed by atoms with Gasteiger partial charge in [0.05, 0.1) is 11.4 Å². The van der Waals surface area contributed by atoms with Crippen LogP contribution in [0.2, 0.25) is 0 Å². The Bertz CT molecular complexity index is 457. The largest absolute Gasteiger partial charge is 0.382 e. The smallest absolute Gasteiger partial charge is 0.0616 e. The average Bonchev–Trinajstić information content (AvgIpc) is 2.48. The molecule has 0 bridgehead atoms. The molecule has 0 radical (unpaired) electrons. The summed E-state index contributed by atoms with van der Waals surface area (Å²) >= 11 is 3.60. The predicted octanol–water partition coefficient (Wildman–Crippen LogP) is 2.10. The Kier molecular flexibility index (Phi) is 4.48. The van der Waals surface area contributed by atoms with Crippen molar-refractivity contribution in [1.82, 2.24) is 4.90 Å². The fraction of sp³-hybridized carbons (Fsp3) is 0.600. The van der Waals surface area contributed by atoms with Gasteiger partial charge >= 0.3 is 0 Å². The minimum Gasteiger partial charge on any atom is -0.382 e. The van der Waals surface area contributed by atoms with E-state index >= 15 is 0 Å². The van der Waals surface area contributed by atoms with Crippen molar-refractivity contribution in [2.75, 3.05) is 49.5 Å². The predicted molar refractivity (Wildman–Crippen MR) is 88.5 cm³/mol. The molecule has 4 nitrogen and oxygen atoms in total. The van der Waals surface area contributed by atoms with Gasteiger partial charge in [-0.1, -0.05) is 15.9 Å². The van der Waals surface area contributed by atoms with Crippen LogP contribution in [0.4, 0.5) is 11.4 Å². The van der Waals surface area contributed by atoms with Crippen molar-refractivity contribution < 1.29 is 0 Å². The zero-order valence-corrected chi connectivity index (χ0v) is 13.4. The molecule has 1 aromatic carbocycles. The maximum absolute atomic E-state index is 5.65. The number of piperidine rings is 1. The summed E-state index contributed by atoms with van der Waals surface area (Å²) in [5.74, 6) is 0. The summed E-state index contributed by atoms with van der Waals surface area (Å²) in [5.41, 5.74) is 8.27. The molecule has 110 valence electrons. The van der Waals surface area contributed by atoms with Crippen LogP contribution in [-0.4, -0.2) is 50.2 Å². The summed E-state index contributed by atoms with van der Waals surface area (Å²) in [6.45, 7) is 6.30. The first-order valence-electron chi connectivity index (χ1n) is 7.50. The van der Waals surface area contributed by atoms with Crippen molar-refractivity contribution >= 4 is 27.3 Å². The second-order valence-electron chi connectivity index (χ2n) is 5.64. The molecular weight excluding hydrogens is 316 g/mol. The van der Waals surface area contributed by atoms with Gasteiger partial charge in [-0.25, -0.2) is 0 Å². The van der Waals surface area contributed by atoms with Gasteiger partial charge in [-0.2, -0.15) is 0 Å². The Labute approximate surface area is 129 Å². The number of nitrogens with zero attached hydrogens (tertiary/aromatic N) is 2. The second kappa shape index (κ2) is 6.33. The lowest BCUT2D eigenvalue weighted by Crippen LogP contribution is -2.48. The van der Waals surface area contributed by atoms with E-state index < -0.39 is 0 Å². The molecule has 2 aliphatic rings. The molecule has 0 atom stereocenters. The molecule has 2 heterocycles. The molecule has 1 fully saturated rings. The summed E-state index contributed by atoms with van der Waals surface area (Å²) in [6, 6.07) is 7.20. The van der Waals surface area contributed by atoms with Gasteiger partial charge in [0.25, 0.3) is 0 Å². The number of fused-ring (bicyclic) bond motifs is 1. The van der Waals surface area contributed by atoms with E-state index in [1.54, 1.807) is 0 Å². The van der Waals surface area contributed by atoms with Crippen molar-refractivity contribution in [2.45, 2.75) is 18.9 Å². The van der Waals surface area contributed by atoms with Gasteiger partial charge in [-0.05, 0) is 31.0 Å². The molecule has 0 amide bonds. The number of halogens is 1. The highest BCUT2D eigenvalue weighted by molar-refractivity contribution is 9.10. The van der Waals surface area contributed by atoms with Crippen LogP contribution in [0.3, 0.4) is 0 Å². The first-order valence-corrected chi connectivity index (χ1v) is 8.30. The van der Waals surface area contributed by atoms with E-state index in [2.05, 4.69) is 49.2 Å². The minimum absolute atomic E-state index is 0.666. The van der Waals surface area contributed by atoms with Crippen LogP contribution in [0.25, 0.3) is 0 Å². The van der Waals surface area contributed by atoms with E-state index in [9.17, 15) is 0 Å². The number of hydrogen-bond acceptors (Lipinski definition) is 4. The van der Waals surface area contributed by atoms with Gasteiger partial charge in [0.15, 0.2) is 0 Å². The lowest BCUT2D eigenvalue weighted by molar-refractivity contribution is 0.214. The van der Waals surface area contributed by atoms with Crippen LogP contribution >= 0.6 is 15.9 Å². The molecule has 2 aliphatic heterocycles. The second-order valence-corrected chi connectivity index (χ2v) is 6.56. The van der Waals surface area contributed by atoms with E-state index in [0.717, 1.165) is 30.7 Å². The Morgan fingerprint density at radius 1 is 1.25 bits per heavy atom. The Morgan fingerprint density at radius 2 is 2.05 bits per heavy atom. The Morgan fingerprint density at radius 3 is 2.80 bits per heavy atom. The summed E-state index contributed by atoms with van der Waals surface area (Å²) in [4.78, 5) is 5.08. The topological polar surface area (TPSA) is 44.5 Å². The lowest BCUT2D eigenvalue weighted by atomic mass is 10.0.